The van der Waals surface area contributed by atoms with Crippen LogP contribution in [-0.2, 0) is 11.3 Å². The van der Waals surface area contributed by atoms with Crippen LogP contribution >= 0.6 is 0 Å². The highest BCUT2D eigenvalue weighted by molar-refractivity contribution is 5.79. The molecule has 100 valence electrons. The van der Waals surface area contributed by atoms with E-state index in [1.54, 1.807) is 12.1 Å². The molecule has 0 saturated heterocycles. The Labute approximate surface area is 113 Å². The fourth-order valence-electron chi connectivity index (χ4n) is 2.74. The fraction of sp³-hybridized carbons (Fsp3) is 0.467. The number of benzene rings is 1. The van der Waals surface area contributed by atoms with Gasteiger partial charge in [-0.2, -0.15) is 5.26 Å². The number of carbonyl (C=O) groups is 1. The van der Waals surface area contributed by atoms with Crippen LogP contribution in [0.3, 0.4) is 0 Å². The average molecular weight is 257 g/mol. The van der Waals surface area contributed by atoms with E-state index in [1.807, 2.05) is 12.1 Å². The largest absolute Gasteiger partial charge is 0.352 e. The molecule has 1 aliphatic rings. The molecule has 0 spiro atoms. The molecular weight excluding hydrogens is 238 g/mol. The summed E-state index contributed by atoms with van der Waals surface area (Å²) in [6, 6.07) is 9.40. The van der Waals surface area contributed by atoms with Gasteiger partial charge in [-0.15, -0.1) is 0 Å². The third-order valence-corrected chi connectivity index (χ3v) is 3.82. The first-order valence-electron chi connectivity index (χ1n) is 6.71. The van der Waals surface area contributed by atoms with Gasteiger partial charge in [0.15, 0.2) is 0 Å². The molecule has 0 radical (unpaired) electrons. The van der Waals surface area contributed by atoms with Crippen molar-refractivity contribution in [3.63, 3.8) is 0 Å². The number of amides is 1. The van der Waals surface area contributed by atoms with Crippen LogP contribution in [0.4, 0.5) is 0 Å². The maximum absolute atomic E-state index is 12.1. The van der Waals surface area contributed by atoms with Crippen molar-refractivity contribution in [2.24, 2.45) is 17.6 Å². The van der Waals surface area contributed by atoms with Gasteiger partial charge in [0.1, 0.15) is 0 Å². The molecular formula is C15H19N3O. The van der Waals surface area contributed by atoms with Crippen LogP contribution in [0, 0.1) is 23.2 Å². The second kappa shape index (κ2) is 6.35. The molecule has 0 bridgehead atoms. The molecule has 2 rings (SSSR count). The zero-order valence-electron chi connectivity index (χ0n) is 10.9. The van der Waals surface area contributed by atoms with E-state index in [-0.39, 0.29) is 11.8 Å². The number of rotatable bonds is 4. The third-order valence-electron chi connectivity index (χ3n) is 3.82. The van der Waals surface area contributed by atoms with Crippen molar-refractivity contribution in [2.75, 3.05) is 6.54 Å². The van der Waals surface area contributed by atoms with E-state index in [4.69, 9.17) is 11.0 Å². The third kappa shape index (κ3) is 3.33. The zero-order valence-corrected chi connectivity index (χ0v) is 10.9. The quantitative estimate of drug-likeness (QED) is 0.859. The second-order valence-electron chi connectivity index (χ2n) is 5.06. The topological polar surface area (TPSA) is 78.9 Å². The van der Waals surface area contributed by atoms with Crippen molar-refractivity contribution in [2.45, 2.75) is 25.8 Å². The van der Waals surface area contributed by atoms with Crippen molar-refractivity contribution < 1.29 is 4.79 Å². The summed E-state index contributed by atoms with van der Waals surface area (Å²) < 4.78 is 0. The molecule has 1 aromatic carbocycles. The number of carbonyl (C=O) groups excluding carboxylic acids is 1. The summed E-state index contributed by atoms with van der Waals surface area (Å²) in [4.78, 5) is 12.1. The van der Waals surface area contributed by atoms with Crippen molar-refractivity contribution in [1.82, 2.24) is 5.32 Å². The Morgan fingerprint density at radius 1 is 1.47 bits per heavy atom. The number of nitrogens with one attached hydrogen (secondary N) is 1. The van der Waals surface area contributed by atoms with Crippen molar-refractivity contribution in [3.05, 3.63) is 35.4 Å². The average Bonchev–Trinajstić information content (AvgIpc) is 2.93. The Morgan fingerprint density at radius 2 is 2.32 bits per heavy atom. The van der Waals surface area contributed by atoms with Gasteiger partial charge in [0, 0.05) is 12.5 Å². The summed E-state index contributed by atoms with van der Waals surface area (Å²) >= 11 is 0. The summed E-state index contributed by atoms with van der Waals surface area (Å²) in [5, 5.41) is 11.8. The lowest BCUT2D eigenvalue weighted by Gasteiger charge is -2.17. The summed E-state index contributed by atoms with van der Waals surface area (Å²) in [7, 11) is 0. The lowest BCUT2D eigenvalue weighted by Crippen LogP contribution is -2.34. The molecule has 2 atom stereocenters. The molecule has 0 aliphatic heterocycles. The Kier molecular flexibility index (Phi) is 4.53. The van der Waals surface area contributed by atoms with E-state index in [2.05, 4.69) is 11.4 Å². The van der Waals surface area contributed by atoms with Crippen LogP contribution in [0.15, 0.2) is 24.3 Å². The van der Waals surface area contributed by atoms with E-state index >= 15 is 0 Å². The lowest BCUT2D eigenvalue weighted by atomic mass is 9.95. The molecule has 1 fully saturated rings. The van der Waals surface area contributed by atoms with E-state index < -0.39 is 0 Å². The van der Waals surface area contributed by atoms with Gasteiger partial charge >= 0.3 is 0 Å². The minimum Gasteiger partial charge on any atom is -0.352 e. The highest BCUT2D eigenvalue weighted by Gasteiger charge is 2.31. The molecule has 0 aromatic heterocycles. The Hall–Kier alpha value is -1.86. The molecule has 2 unspecified atom stereocenters. The van der Waals surface area contributed by atoms with Gasteiger partial charge in [-0.25, -0.2) is 0 Å². The van der Waals surface area contributed by atoms with Gasteiger partial charge in [0.05, 0.1) is 11.6 Å². The van der Waals surface area contributed by atoms with E-state index in [0.717, 1.165) is 24.8 Å². The summed E-state index contributed by atoms with van der Waals surface area (Å²) in [6.07, 6.45) is 3.08. The van der Waals surface area contributed by atoms with Gasteiger partial charge in [-0.05, 0) is 43.0 Å². The number of hydrogen-bond donors (Lipinski definition) is 2. The van der Waals surface area contributed by atoms with Crippen LogP contribution < -0.4 is 11.1 Å². The maximum Gasteiger partial charge on any atom is 0.223 e. The smallest absolute Gasteiger partial charge is 0.223 e. The number of hydrogen-bond acceptors (Lipinski definition) is 3. The fourth-order valence-corrected chi connectivity index (χ4v) is 2.74. The van der Waals surface area contributed by atoms with E-state index in [0.29, 0.717) is 24.6 Å². The lowest BCUT2D eigenvalue weighted by molar-refractivity contribution is -0.126. The molecule has 1 aromatic rings. The maximum atomic E-state index is 12.1. The molecule has 4 nitrogen and oxygen atoms in total. The van der Waals surface area contributed by atoms with Crippen LogP contribution in [0.2, 0.25) is 0 Å². The molecule has 1 amide bonds. The van der Waals surface area contributed by atoms with Gasteiger partial charge in [0.2, 0.25) is 5.91 Å². The number of nitrogens with two attached hydrogens (primary N) is 1. The predicted molar refractivity (Wildman–Crippen MR) is 72.9 cm³/mol. The Balaban J connectivity index is 1.91. The van der Waals surface area contributed by atoms with Crippen LogP contribution in [0.25, 0.3) is 0 Å². The second-order valence-corrected chi connectivity index (χ2v) is 5.06. The minimum absolute atomic E-state index is 0.0594. The van der Waals surface area contributed by atoms with Gasteiger partial charge in [0.25, 0.3) is 0 Å². The number of nitrogens with zero attached hydrogens (tertiary/aromatic N) is 1. The van der Waals surface area contributed by atoms with E-state index in [9.17, 15) is 4.79 Å². The Bertz CT molecular complexity index is 492. The Morgan fingerprint density at radius 3 is 3.05 bits per heavy atom. The molecule has 1 saturated carbocycles. The highest BCUT2D eigenvalue weighted by atomic mass is 16.1. The summed E-state index contributed by atoms with van der Waals surface area (Å²) in [5.41, 5.74) is 7.26. The number of nitriles is 1. The van der Waals surface area contributed by atoms with Crippen LogP contribution in [0.5, 0.6) is 0 Å². The van der Waals surface area contributed by atoms with Crippen molar-refractivity contribution >= 4 is 5.91 Å². The molecule has 4 heteroatoms. The zero-order chi connectivity index (χ0) is 13.7. The van der Waals surface area contributed by atoms with Crippen LogP contribution in [-0.4, -0.2) is 12.5 Å². The first kappa shape index (κ1) is 13.6. The monoisotopic (exact) mass is 257 g/mol. The van der Waals surface area contributed by atoms with Crippen molar-refractivity contribution in [3.8, 4) is 6.07 Å². The SMILES string of the molecule is N#Cc1cccc(CNC(=O)C2CCCC2CN)c1. The summed E-state index contributed by atoms with van der Waals surface area (Å²) in [5.74, 6) is 0.477. The molecule has 3 N–H and O–H groups in total. The molecule has 0 heterocycles. The summed E-state index contributed by atoms with van der Waals surface area (Å²) in [6.45, 7) is 1.06. The minimum atomic E-state index is 0.0594. The normalized spacial score (nSPS) is 21.9. The first-order chi connectivity index (χ1) is 9.24. The van der Waals surface area contributed by atoms with Gasteiger partial charge in [-0.1, -0.05) is 18.6 Å². The van der Waals surface area contributed by atoms with Crippen LogP contribution in [0.1, 0.15) is 30.4 Å². The first-order valence-corrected chi connectivity index (χ1v) is 6.71. The highest BCUT2D eigenvalue weighted by Crippen LogP contribution is 2.30. The van der Waals surface area contributed by atoms with Crippen molar-refractivity contribution in [1.29, 1.82) is 5.26 Å². The standard InChI is InChI=1S/C15H19N3O/c16-8-11-3-1-4-12(7-11)10-18-15(19)14-6-2-5-13(14)9-17/h1,3-4,7,13-14H,2,5-6,9-10,17H2,(H,18,19). The van der Waals surface area contributed by atoms with Gasteiger partial charge < -0.3 is 11.1 Å². The molecule has 19 heavy (non-hydrogen) atoms. The van der Waals surface area contributed by atoms with Gasteiger partial charge in [-0.3, -0.25) is 4.79 Å². The predicted octanol–water partition coefficient (Wildman–Crippen LogP) is 1.55. The molecule has 1 aliphatic carbocycles. The van der Waals surface area contributed by atoms with E-state index in [1.165, 1.54) is 0 Å².